The normalized spacial score (nSPS) is 14.8. The smallest absolute Gasteiger partial charge is 0.272 e. The third-order valence-corrected chi connectivity index (χ3v) is 5.17. The highest BCUT2D eigenvalue weighted by molar-refractivity contribution is 6.30. The van der Waals surface area contributed by atoms with Gasteiger partial charge < -0.3 is 9.80 Å². The number of carbonyl (C=O) groups is 1. The molecule has 1 amide bonds. The van der Waals surface area contributed by atoms with E-state index >= 15 is 0 Å². The fraction of sp³-hybridized carbons (Fsp3) is 0.300. The number of imidazole rings is 1. The Hall–Kier alpha value is -2.60. The molecular formula is C20H20ClFN4O. The number of carbonyl (C=O) groups excluding carboxylic acids is 1. The molecule has 1 aromatic carbocycles. The van der Waals surface area contributed by atoms with E-state index in [1.807, 2.05) is 17.9 Å². The average molecular weight is 387 g/mol. The zero-order chi connectivity index (χ0) is 19.0. The van der Waals surface area contributed by atoms with Gasteiger partial charge in [-0.15, -0.1) is 0 Å². The first-order chi connectivity index (χ1) is 13.1. The largest absolute Gasteiger partial charge is 0.368 e. The van der Waals surface area contributed by atoms with E-state index in [9.17, 15) is 9.18 Å². The van der Waals surface area contributed by atoms with Crippen LogP contribution in [0.25, 0.3) is 5.65 Å². The van der Waals surface area contributed by atoms with Crippen molar-refractivity contribution in [3.05, 3.63) is 64.8 Å². The van der Waals surface area contributed by atoms with Crippen molar-refractivity contribution in [1.82, 2.24) is 14.3 Å². The van der Waals surface area contributed by atoms with Crippen LogP contribution in [0.2, 0.25) is 5.02 Å². The Morgan fingerprint density at radius 3 is 2.48 bits per heavy atom. The maximum atomic E-state index is 13.2. The van der Waals surface area contributed by atoms with Crippen LogP contribution in [0.5, 0.6) is 0 Å². The van der Waals surface area contributed by atoms with Gasteiger partial charge in [0.05, 0.1) is 10.7 Å². The number of rotatable bonds is 3. The minimum atomic E-state index is -0.245. The van der Waals surface area contributed by atoms with Crippen molar-refractivity contribution in [3.8, 4) is 0 Å². The van der Waals surface area contributed by atoms with Gasteiger partial charge >= 0.3 is 0 Å². The summed E-state index contributed by atoms with van der Waals surface area (Å²) in [7, 11) is 0. The van der Waals surface area contributed by atoms with Crippen molar-refractivity contribution in [2.45, 2.75) is 13.3 Å². The Labute approximate surface area is 162 Å². The number of nitrogens with zero attached hydrogens (tertiary/aromatic N) is 4. The molecule has 1 saturated heterocycles. The van der Waals surface area contributed by atoms with Crippen molar-refractivity contribution in [2.24, 2.45) is 0 Å². The van der Waals surface area contributed by atoms with Crippen molar-refractivity contribution in [2.75, 3.05) is 31.1 Å². The second kappa shape index (κ2) is 7.19. The summed E-state index contributed by atoms with van der Waals surface area (Å²) in [5.74, 6) is -0.272. The number of pyridine rings is 1. The number of fused-ring (bicyclic) bond motifs is 1. The molecule has 4 rings (SSSR count). The zero-order valence-electron chi connectivity index (χ0n) is 15.0. The van der Waals surface area contributed by atoms with Crippen LogP contribution in [0.15, 0.2) is 42.6 Å². The number of hydrogen-bond acceptors (Lipinski definition) is 3. The zero-order valence-corrected chi connectivity index (χ0v) is 15.8. The summed E-state index contributed by atoms with van der Waals surface area (Å²) in [5, 5.41) is 0.567. The lowest BCUT2D eigenvalue weighted by Gasteiger charge is -2.36. The Balaban J connectivity index is 1.55. The number of aryl methyl sites for hydroxylation is 1. The highest BCUT2D eigenvalue weighted by Gasteiger charge is 2.27. The first-order valence-electron chi connectivity index (χ1n) is 9.03. The molecule has 7 heteroatoms. The second-order valence-corrected chi connectivity index (χ2v) is 7.03. The second-order valence-electron chi connectivity index (χ2n) is 6.59. The van der Waals surface area contributed by atoms with Gasteiger partial charge in [0.15, 0.2) is 0 Å². The van der Waals surface area contributed by atoms with E-state index in [4.69, 9.17) is 11.6 Å². The van der Waals surface area contributed by atoms with E-state index < -0.39 is 0 Å². The molecule has 3 heterocycles. The standard InChI is InChI=1S/C20H20ClFN4O/c1-2-17-19(26-13-14(21)3-8-18(26)23-17)20(27)25-11-9-24(10-12-25)16-6-4-15(22)5-7-16/h3-8,13H,2,9-12H2,1H3. The van der Waals surface area contributed by atoms with E-state index in [0.29, 0.717) is 43.3 Å². The molecular weight excluding hydrogens is 367 g/mol. The van der Waals surface area contributed by atoms with Crippen LogP contribution in [-0.2, 0) is 6.42 Å². The molecule has 0 spiro atoms. The Kier molecular flexibility index (Phi) is 4.74. The molecule has 0 radical (unpaired) electrons. The van der Waals surface area contributed by atoms with Gasteiger partial charge in [-0.05, 0) is 42.8 Å². The van der Waals surface area contributed by atoms with E-state index in [0.717, 1.165) is 17.0 Å². The quantitative estimate of drug-likeness (QED) is 0.690. The lowest BCUT2D eigenvalue weighted by atomic mass is 10.2. The van der Waals surface area contributed by atoms with Gasteiger partial charge in [0, 0.05) is 38.1 Å². The maximum Gasteiger partial charge on any atom is 0.272 e. The van der Waals surface area contributed by atoms with E-state index in [2.05, 4.69) is 9.88 Å². The molecule has 1 aliphatic heterocycles. The summed E-state index contributed by atoms with van der Waals surface area (Å²) >= 11 is 6.12. The van der Waals surface area contributed by atoms with Crippen LogP contribution < -0.4 is 4.90 Å². The molecule has 0 saturated carbocycles. The van der Waals surface area contributed by atoms with Gasteiger partial charge in [-0.1, -0.05) is 18.5 Å². The van der Waals surface area contributed by atoms with Crippen molar-refractivity contribution in [1.29, 1.82) is 0 Å². The lowest BCUT2D eigenvalue weighted by Crippen LogP contribution is -2.49. The third kappa shape index (κ3) is 3.37. The number of benzene rings is 1. The van der Waals surface area contributed by atoms with Gasteiger partial charge in [0.1, 0.15) is 17.2 Å². The van der Waals surface area contributed by atoms with Crippen molar-refractivity contribution in [3.63, 3.8) is 0 Å². The Morgan fingerprint density at radius 2 is 1.81 bits per heavy atom. The summed E-state index contributed by atoms with van der Waals surface area (Å²) in [6.45, 7) is 4.61. The molecule has 27 heavy (non-hydrogen) atoms. The molecule has 140 valence electrons. The minimum Gasteiger partial charge on any atom is -0.368 e. The molecule has 2 aromatic heterocycles. The average Bonchev–Trinajstić information content (AvgIpc) is 3.06. The summed E-state index contributed by atoms with van der Waals surface area (Å²) < 4.78 is 14.9. The van der Waals surface area contributed by atoms with Crippen LogP contribution >= 0.6 is 11.6 Å². The van der Waals surface area contributed by atoms with Crippen LogP contribution in [0, 0.1) is 5.82 Å². The number of halogens is 2. The number of amides is 1. The number of piperazine rings is 1. The third-order valence-electron chi connectivity index (χ3n) is 4.95. The van der Waals surface area contributed by atoms with Crippen molar-refractivity contribution >= 4 is 28.8 Å². The van der Waals surface area contributed by atoms with Gasteiger partial charge in [-0.25, -0.2) is 9.37 Å². The summed E-state index contributed by atoms with van der Waals surface area (Å²) in [6, 6.07) is 10.1. The highest BCUT2D eigenvalue weighted by atomic mass is 35.5. The summed E-state index contributed by atoms with van der Waals surface area (Å²) in [5.41, 5.74) is 3.07. The molecule has 0 atom stereocenters. The molecule has 0 bridgehead atoms. The monoisotopic (exact) mass is 386 g/mol. The molecule has 3 aromatic rings. The Morgan fingerprint density at radius 1 is 1.11 bits per heavy atom. The fourth-order valence-electron chi connectivity index (χ4n) is 3.51. The number of anilines is 1. The van der Waals surface area contributed by atoms with E-state index in [1.165, 1.54) is 12.1 Å². The Bertz CT molecular complexity index is 978. The molecule has 0 N–H and O–H groups in total. The van der Waals surface area contributed by atoms with Gasteiger partial charge in [-0.2, -0.15) is 0 Å². The minimum absolute atomic E-state index is 0.0274. The molecule has 0 unspecified atom stereocenters. The lowest BCUT2D eigenvalue weighted by molar-refractivity contribution is 0.0738. The van der Waals surface area contributed by atoms with Crippen molar-refractivity contribution < 1.29 is 9.18 Å². The SMILES string of the molecule is CCc1nc2ccc(Cl)cn2c1C(=O)N1CCN(c2ccc(F)cc2)CC1. The predicted molar refractivity (Wildman–Crippen MR) is 104 cm³/mol. The molecule has 0 aliphatic carbocycles. The predicted octanol–water partition coefficient (Wildman–Crippen LogP) is 3.65. The van der Waals surface area contributed by atoms with Crippen LogP contribution in [0.3, 0.4) is 0 Å². The maximum absolute atomic E-state index is 13.2. The van der Waals surface area contributed by atoms with Gasteiger partial charge in [0.2, 0.25) is 0 Å². The van der Waals surface area contributed by atoms with E-state index in [1.54, 1.807) is 28.8 Å². The molecule has 1 aliphatic rings. The fourth-order valence-corrected chi connectivity index (χ4v) is 3.67. The van der Waals surface area contributed by atoms with Crippen LogP contribution in [0.1, 0.15) is 23.1 Å². The molecule has 5 nitrogen and oxygen atoms in total. The number of hydrogen-bond donors (Lipinski definition) is 0. The topological polar surface area (TPSA) is 40.9 Å². The van der Waals surface area contributed by atoms with Crippen LogP contribution in [0.4, 0.5) is 10.1 Å². The van der Waals surface area contributed by atoms with E-state index in [-0.39, 0.29) is 11.7 Å². The van der Waals surface area contributed by atoms with Gasteiger partial charge in [-0.3, -0.25) is 9.20 Å². The first-order valence-corrected chi connectivity index (χ1v) is 9.41. The highest BCUT2D eigenvalue weighted by Crippen LogP contribution is 2.21. The first kappa shape index (κ1) is 17.8. The van der Waals surface area contributed by atoms with Crippen LogP contribution in [-0.4, -0.2) is 46.4 Å². The summed E-state index contributed by atoms with van der Waals surface area (Å²) in [4.78, 5) is 21.8. The molecule has 1 fully saturated rings. The number of aromatic nitrogens is 2. The van der Waals surface area contributed by atoms with Gasteiger partial charge in [0.25, 0.3) is 5.91 Å². The summed E-state index contributed by atoms with van der Waals surface area (Å²) in [6.07, 6.45) is 2.42.